The van der Waals surface area contributed by atoms with Crippen molar-refractivity contribution in [3.63, 3.8) is 0 Å². The Bertz CT molecular complexity index is 879. The first-order valence-corrected chi connectivity index (χ1v) is 9.98. The first kappa shape index (κ1) is 23.7. The van der Waals surface area contributed by atoms with E-state index in [-0.39, 0.29) is 12.0 Å². The van der Waals surface area contributed by atoms with Gasteiger partial charge in [-0.05, 0) is 25.0 Å². The van der Waals surface area contributed by atoms with Gasteiger partial charge in [-0.25, -0.2) is 9.78 Å². The molecule has 2 fully saturated rings. The van der Waals surface area contributed by atoms with E-state index in [0.717, 1.165) is 38.3 Å². The average molecular weight is 456 g/mol. The summed E-state index contributed by atoms with van der Waals surface area (Å²) < 4.78 is 43.3. The first-order chi connectivity index (χ1) is 15.3. The number of nitrogens with one attached hydrogen (secondary N) is 1. The monoisotopic (exact) mass is 456 g/mol. The van der Waals surface area contributed by atoms with Gasteiger partial charge in [-0.2, -0.15) is 13.2 Å². The predicted molar refractivity (Wildman–Crippen MR) is 103 cm³/mol. The van der Waals surface area contributed by atoms with Crippen LogP contribution in [0.2, 0.25) is 0 Å². The summed E-state index contributed by atoms with van der Waals surface area (Å²) in [7, 11) is 0. The number of carbonyl (C=O) groups is 2. The SMILES string of the molecule is O=C(NCC1CCC2C1OCCN2Cc1ccco1)c1cnccn1.O=C(O)C(F)(F)F. The van der Waals surface area contributed by atoms with Crippen molar-refractivity contribution >= 4 is 11.9 Å². The van der Waals surface area contributed by atoms with Gasteiger partial charge in [-0.1, -0.05) is 0 Å². The first-order valence-electron chi connectivity index (χ1n) is 9.98. The normalized spacial score (nSPS) is 23.0. The largest absolute Gasteiger partial charge is 0.490 e. The Morgan fingerprint density at radius 1 is 1.28 bits per heavy atom. The van der Waals surface area contributed by atoms with Crippen molar-refractivity contribution in [3.8, 4) is 0 Å². The smallest absolute Gasteiger partial charge is 0.475 e. The third-order valence-electron chi connectivity index (χ3n) is 5.34. The molecule has 2 N–H and O–H groups in total. The van der Waals surface area contributed by atoms with Gasteiger partial charge in [0, 0.05) is 37.4 Å². The van der Waals surface area contributed by atoms with E-state index in [9.17, 15) is 18.0 Å². The van der Waals surface area contributed by atoms with Crippen molar-refractivity contribution in [2.75, 3.05) is 19.7 Å². The lowest BCUT2D eigenvalue weighted by molar-refractivity contribution is -0.192. The van der Waals surface area contributed by atoms with Gasteiger partial charge in [0.05, 0.1) is 31.7 Å². The molecule has 12 heteroatoms. The molecule has 0 radical (unpaired) electrons. The Morgan fingerprint density at radius 3 is 2.69 bits per heavy atom. The Kier molecular flexibility index (Phi) is 7.80. The number of furan rings is 1. The van der Waals surface area contributed by atoms with E-state index >= 15 is 0 Å². The molecule has 2 aromatic heterocycles. The number of amides is 1. The molecule has 4 rings (SSSR count). The molecule has 1 amide bonds. The zero-order chi connectivity index (χ0) is 23.1. The zero-order valence-electron chi connectivity index (χ0n) is 17.0. The van der Waals surface area contributed by atoms with Gasteiger partial charge in [-0.15, -0.1) is 0 Å². The highest BCUT2D eigenvalue weighted by Crippen LogP contribution is 2.35. The van der Waals surface area contributed by atoms with Crippen molar-refractivity contribution in [2.24, 2.45) is 5.92 Å². The van der Waals surface area contributed by atoms with Crippen LogP contribution in [0.4, 0.5) is 13.2 Å². The molecular formula is C20H23F3N4O5. The predicted octanol–water partition coefficient (Wildman–Crippen LogP) is 2.11. The number of aromatic nitrogens is 2. The van der Waals surface area contributed by atoms with E-state index in [4.69, 9.17) is 19.1 Å². The number of hydrogen-bond acceptors (Lipinski definition) is 7. The lowest BCUT2D eigenvalue weighted by atomic mass is 10.0. The molecule has 3 heterocycles. The lowest BCUT2D eigenvalue weighted by Crippen LogP contribution is -2.50. The van der Waals surface area contributed by atoms with Crippen LogP contribution in [-0.2, 0) is 16.1 Å². The maximum atomic E-state index is 12.2. The van der Waals surface area contributed by atoms with Gasteiger partial charge in [0.2, 0.25) is 0 Å². The summed E-state index contributed by atoms with van der Waals surface area (Å²) >= 11 is 0. The van der Waals surface area contributed by atoms with Gasteiger partial charge >= 0.3 is 12.1 Å². The summed E-state index contributed by atoms with van der Waals surface area (Å²) in [5.74, 6) is -1.63. The second-order valence-electron chi connectivity index (χ2n) is 7.39. The Labute approximate surface area is 181 Å². The van der Waals surface area contributed by atoms with Crippen molar-refractivity contribution < 1.29 is 37.0 Å². The molecule has 3 atom stereocenters. The molecule has 0 bridgehead atoms. The Morgan fingerprint density at radius 2 is 2.06 bits per heavy atom. The van der Waals surface area contributed by atoms with Crippen LogP contribution in [0.25, 0.3) is 0 Å². The van der Waals surface area contributed by atoms with Crippen LogP contribution in [0, 0.1) is 5.92 Å². The van der Waals surface area contributed by atoms with Gasteiger partial charge in [0.15, 0.2) is 0 Å². The van der Waals surface area contributed by atoms with E-state index in [1.165, 1.54) is 12.4 Å². The maximum Gasteiger partial charge on any atom is 0.490 e. The summed E-state index contributed by atoms with van der Waals surface area (Å²) in [5.41, 5.74) is 0.348. The second-order valence-corrected chi connectivity index (χ2v) is 7.39. The minimum Gasteiger partial charge on any atom is -0.475 e. The van der Waals surface area contributed by atoms with Crippen LogP contribution >= 0.6 is 0 Å². The van der Waals surface area contributed by atoms with E-state index in [2.05, 4.69) is 20.2 Å². The van der Waals surface area contributed by atoms with Crippen LogP contribution in [0.5, 0.6) is 0 Å². The van der Waals surface area contributed by atoms with Crippen LogP contribution in [0.15, 0.2) is 41.4 Å². The van der Waals surface area contributed by atoms with Gasteiger partial charge in [0.1, 0.15) is 11.5 Å². The molecule has 2 aliphatic rings. The molecular weight excluding hydrogens is 433 g/mol. The van der Waals surface area contributed by atoms with E-state index in [1.54, 1.807) is 12.5 Å². The molecule has 2 aromatic rings. The number of rotatable bonds is 5. The van der Waals surface area contributed by atoms with Gasteiger partial charge < -0.3 is 19.6 Å². The summed E-state index contributed by atoms with van der Waals surface area (Å²) in [6.07, 6.45) is 3.48. The number of ether oxygens (including phenoxy) is 1. The fourth-order valence-corrected chi connectivity index (χ4v) is 3.88. The number of nitrogens with zero attached hydrogens (tertiary/aromatic N) is 3. The van der Waals surface area contributed by atoms with Crippen molar-refractivity contribution in [1.29, 1.82) is 0 Å². The molecule has 1 saturated carbocycles. The number of alkyl halides is 3. The van der Waals surface area contributed by atoms with Crippen LogP contribution in [0.1, 0.15) is 29.1 Å². The fourth-order valence-electron chi connectivity index (χ4n) is 3.88. The number of hydrogen-bond donors (Lipinski definition) is 2. The summed E-state index contributed by atoms with van der Waals surface area (Å²) in [4.78, 5) is 31.5. The van der Waals surface area contributed by atoms with Crippen molar-refractivity contribution in [2.45, 2.75) is 37.7 Å². The summed E-state index contributed by atoms with van der Waals surface area (Å²) in [6, 6.07) is 4.32. The minimum absolute atomic E-state index is 0.158. The van der Waals surface area contributed by atoms with Crippen molar-refractivity contribution in [1.82, 2.24) is 20.2 Å². The molecule has 1 aliphatic heterocycles. The van der Waals surface area contributed by atoms with Crippen LogP contribution in [0.3, 0.4) is 0 Å². The number of carboxylic acids is 1. The molecule has 9 nitrogen and oxygen atoms in total. The Balaban J connectivity index is 0.000000360. The second kappa shape index (κ2) is 10.6. The molecule has 1 saturated heterocycles. The highest BCUT2D eigenvalue weighted by atomic mass is 19.4. The van der Waals surface area contributed by atoms with Gasteiger partial charge in [-0.3, -0.25) is 14.7 Å². The number of carbonyl (C=O) groups excluding carboxylic acids is 1. The fraction of sp³-hybridized carbons (Fsp3) is 0.500. The average Bonchev–Trinajstić information content (AvgIpc) is 3.43. The highest BCUT2D eigenvalue weighted by molar-refractivity contribution is 5.91. The standard InChI is InChI=1S/C18H22N4O3.C2HF3O2/c23-18(15-11-19-5-6-20-15)21-10-13-3-4-16-17(13)25-9-7-22(16)12-14-2-1-8-24-14;3-2(4,5)1(6)7/h1-2,5-6,8,11,13,16-17H,3-4,7,9-10,12H2,(H,21,23);(H,6,7). The third kappa shape index (κ3) is 6.26. The molecule has 0 aromatic carbocycles. The molecule has 3 unspecified atom stereocenters. The quantitative estimate of drug-likeness (QED) is 0.703. The number of halogens is 3. The zero-order valence-corrected chi connectivity index (χ0v) is 17.0. The van der Waals surface area contributed by atoms with E-state index in [1.807, 2.05) is 12.1 Å². The van der Waals surface area contributed by atoms with Crippen molar-refractivity contribution in [3.05, 3.63) is 48.4 Å². The topological polar surface area (TPSA) is 118 Å². The van der Waals surface area contributed by atoms with Gasteiger partial charge in [0.25, 0.3) is 5.91 Å². The lowest BCUT2D eigenvalue weighted by Gasteiger charge is -2.38. The number of carboxylic acid groups (broad SMARTS) is 1. The summed E-state index contributed by atoms with van der Waals surface area (Å²) in [5, 5.41) is 10.1. The summed E-state index contributed by atoms with van der Waals surface area (Å²) in [6.45, 7) is 3.05. The molecule has 1 aliphatic carbocycles. The number of fused-ring (bicyclic) bond motifs is 1. The third-order valence-corrected chi connectivity index (χ3v) is 5.34. The molecule has 32 heavy (non-hydrogen) atoms. The van der Waals surface area contributed by atoms with E-state index in [0.29, 0.717) is 24.2 Å². The minimum atomic E-state index is -5.08. The molecule has 0 spiro atoms. The molecule has 174 valence electrons. The number of aliphatic carboxylic acids is 1. The van der Waals surface area contributed by atoms with Crippen LogP contribution in [-0.4, -0.2) is 69.9 Å². The maximum absolute atomic E-state index is 12.2. The van der Waals surface area contributed by atoms with E-state index < -0.39 is 12.1 Å². The number of morpholine rings is 1. The van der Waals surface area contributed by atoms with Crippen LogP contribution < -0.4 is 5.32 Å². The Hall–Kier alpha value is -2.99. The highest BCUT2D eigenvalue weighted by Gasteiger charge is 2.42.